The summed E-state index contributed by atoms with van der Waals surface area (Å²) in [5.74, 6) is 0.499. The summed E-state index contributed by atoms with van der Waals surface area (Å²) >= 11 is 6.42. The lowest BCUT2D eigenvalue weighted by atomic mass is 9.68. The molecule has 10 heteroatoms. The molecule has 4 aliphatic rings. The van der Waals surface area contributed by atoms with Gasteiger partial charge < -0.3 is 19.5 Å². The second kappa shape index (κ2) is 12.9. The number of ether oxygens (including phenoxy) is 2. The predicted molar refractivity (Wildman–Crippen MR) is 177 cm³/mol. The highest BCUT2D eigenvalue weighted by Gasteiger charge is 2.44. The Hall–Kier alpha value is -2.59. The molecule has 1 saturated carbocycles. The fourth-order valence-corrected chi connectivity index (χ4v) is 9.26. The van der Waals surface area contributed by atoms with Crippen molar-refractivity contribution in [2.24, 2.45) is 17.8 Å². The van der Waals surface area contributed by atoms with Crippen LogP contribution in [0.5, 0.6) is 5.75 Å². The Morgan fingerprint density at radius 2 is 2.02 bits per heavy atom. The van der Waals surface area contributed by atoms with Crippen molar-refractivity contribution in [3.8, 4) is 5.75 Å². The number of allylic oxidation sites excluding steroid dienone is 1. The molecule has 0 aromatic heterocycles. The molecule has 1 amide bonds. The van der Waals surface area contributed by atoms with Crippen molar-refractivity contribution in [1.29, 1.82) is 0 Å². The van der Waals surface area contributed by atoms with Gasteiger partial charge in [0.25, 0.3) is 5.91 Å². The molecule has 2 aliphatic carbocycles. The molecular weight excluding hydrogens is 612 g/mol. The Bertz CT molecular complexity index is 1560. The van der Waals surface area contributed by atoms with Gasteiger partial charge in [-0.15, -0.1) is 0 Å². The Labute approximate surface area is 272 Å². The summed E-state index contributed by atoms with van der Waals surface area (Å²) < 4.78 is 41.7. The fourth-order valence-electron chi connectivity index (χ4n) is 7.99. The average Bonchev–Trinajstić information content (AvgIpc) is 3.13. The Morgan fingerprint density at radius 1 is 1.20 bits per heavy atom. The number of carbonyl (C=O) groups is 1. The van der Waals surface area contributed by atoms with Gasteiger partial charge >= 0.3 is 0 Å². The number of carbonyl (C=O) groups excluding carboxylic acids is 1. The molecule has 6 rings (SSSR count). The van der Waals surface area contributed by atoms with E-state index in [-0.39, 0.29) is 29.4 Å². The van der Waals surface area contributed by atoms with Crippen LogP contribution in [-0.4, -0.2) is 63.7 Å². The third kappa shape index (κ3) is 6.64. The minimum atomic E-state index is -3.99. The van der Waals surface area contributed by atoms with E-state index in [0.29, 0.717) is 37.2 Å². The Balaban J connectivity index is 1.42. The third-order valence-corrected chi connectivity index (χ3v) is 12.5. The number of nitrogens with one attached hydrogen (secondary N) is 1. The van der Waals surface area contributed by atoms with E-state index in [9.17, 15) is 18.3 Å². The third-order valence-electron chi connectivity index (χ3n) is 10.5. The zero-order chi connectivity index (χ0) is 31.9. The molecule has 2 heterocycles. The van der Waals surface area contributed by atoms with Gasteiger partial charge in [0, 0.05) is 36.2 Å². The maximum Gasteiger partial charge on any atom is 0.264 e. The molecule has 1 fully saturated rings. The smallest absolute Gasteiger partial charge is 0.264 e. The Morgan fingerprint density at radius 3 is 2.76 bits per heavy atom. The van der Waals surface area contributed by atoms with Crippen LogP contribution in [0.1, 0.15) is 73.9 Å². The first kappa shape index (κ1) is 32.4. The fraction of sp³-hybridized carbons (Fsp3) is 0.571. The summed E-state index contributed by atoms with van der Waals surface area (Å²) in [6, 6.07) is 11.4. The van der Waals surface area contributed by atoms with Crippen molar-refractivity contribution < 1.29 is 27.8 Å². The van der Waals surface area contributed by atoms with Crippen LogP contribution in [0.3, 0.4) is 0 Å². The lowest BCUT2D eigenvalue weighted by molar-refractivity contribution is 0.0129. The SMILES string of the molecule is CO[C@H]1/C=C\[C@H](C[C@H](C)O)C[C@@H](C)S(=O)(=O)NC(=O)c2ccc3c(c2)N(C[C@@H]2CC[C@H]21)C[C@@]1(CCCc2cc(Cl)ccc21)CO3. The van der Waals surface area contributed by atoms with Gasteiger partial charge in [0.2, 0.25) is 10.0 Å². The van der Waals surface area contributed by atoms with E-state index < -0.39 is 27.3 Å². The number of methoxy groups -OCH3 is 1. The van der Waals surface area contributed by atoms with Crippen LogP contribution in [-0.2, 0) is 26.6 Å². The van der Waals surface area contributed by atoms with Crippen LogP contribution in [0.2, 0.25) is 5.02 Å². The number of aliphatic hydroxyl groups is 1. The maximum atomic E-state index is 13.5. The molecule has 2 aromatic carbocycles. The second-order valence-electron chi connectivity index (χ2n) is 13.7. The molecule has 2 aromatic rings. The first-order chi connectivity index (χ1) is 21.5. The second-order valence-corrected chi connectivity index (χ2v) is 16.3. The van der Waals surface area contributed by atoms with Gasteiger partial charge in [-0.3, -0.25) is 4.79 Å². The highest BCUT2D eigenvalue weighted by Crippen LogP contribution is 2.47. The number of hydrogen-bond donors (Lipinski definition) is 2. The normalized spacial score (nSPS) is 32.6. The van der Waals surface area contributed by atoms with Gasteiger partial charge in [-0.05, 0) is 118 Å². The number of hydrogen-bond acceptors (Lipinski definition) is 7. The van der Waals surface area contributed by atoms with Crippen LogP contribution in [0.4, 0.5) is 5.69 Å². The number of amides is 1. The minimum Gasteiger partial charge on any atom is -0.490 e. The van der Waals surface area contributed by atoms with Crippen molar-refractivity contribution in [2.75, 3.05) is 31.7 Å². The van der Waals surface area contributed by atoms with Crippen molar-refractivity contribution in [3.63, 3.8) is 0 Å². The molecule has 2 aliphatic heterocycles. The summed E-state index contributed by atoms with van der Waals surface area (Å²) in [7, 11) is -2.25. The van der Waals surface area contributed by atoms with Crippen LogP contribution >= 0.6 is 11.6 Å². The standard InChI is InChI=1S/C35H45ClN2O6S/c1-22(39)15-24-6-12-32(43-3)29-10-7-27(29)19-38-20-35(14-4-5-25-17-28(36)9-11-30(25)35)21-44-33-13-8-26(18-31(33)38)34(40)37-45(41,42)23(2)16-24/h6,8-9,11-13,17-18,22-24,27,29,32,39H,4-5,7,10,14-16,19-21H2,1-3H3,(H,37,40)/b12-6-/t22-,23+,24+,27-,29+,32-,35-/m0/s1. The summed E-state index contributed by atoms with van der Waals surface area (Å²) in [6.45, 7) is 5.30. The number of benzene rings is 2. The minimum absolute atomic E-state index is 0.125. The first-order valence-electron chi connectivity index (χ1n) is 16.2. The lowest BCUT2D eigenvalue weighted by Crippen LogP contribution is -2.49. The average molecular weight is 657 g/mol. The van der Waals surface area contributed by atoms with E-state index in [1.54, 1.807) is 39.2 Å². The van der Waals surface area contributed by atoms with Gasteiger partial charge in [0.15, 0.2) is 0 Å². The van der Waals surface area contributed by atoms with Crippen LogP contribution < -0.4 is 14.4 Å². The molecule has 1 spiro atoms. The maximum absolute atomic E-state index is 13.5. The van der Waals surface area contributed by atoms with Gasteiger partial charge in [0.1, 0.15) is 5.75 Å². The number of halogens is 1. The zero-order valence-electron chi connectivity index (χ0n) is 26.4. The lowest BCUT2D eigenvalue weighted by Gasteiger charge is -2.46. The monoisotopic (exact) mass is 656 g/mol. The molecule has 2 N–H and O–H groups in total. The van der Waals surface area contributed by atoms with Crippen molar-refractivity contribution in [2.45, 2.75) is 81.7 Å². The number of sulfonamides is 1. The molecule has 7 atom stereocenters. The van der Waals surface area contributed by atoms with E-state index in [4.69, 9.17) is 21.1 Å². The summed E-state index contributed by atoms with van der Waals surface area (Å²) in [6.07, 6.45) is 9.12. The first-order valence-corrected chi connectivity index (χ1v) is 18.2. The van der Waals surface area contributed by atoms with Crippen LogP contribution in [0, 0.1) is 17.8 Å². The number of rotatable bonds is 3. The summed E-state index contributed by atoms with van der Waals surface area (Å²) in [4.78, 5) is 15.8. The molecule has 2 bridgehead atoms. The number of aliphatic hydroxyl groups excluding tert-OH is 1. The molecule has 0 radical (unpaired) electrons. The van der Waals surface area contributed by atoms with E-state index in [2.05, 4.69) is 27.8 Å². The van der Waals surface area contributed by atoms with Gasteiger partial charge in [-0.1, -0.05) is 29.8 Å². The molecule has 0 saturated heterocycles. The quantitative estimate of drug-likeness (QED) is 0.412. The van der Waals surface area contributed by atoms with E-state index in [1.165, 1.54) is 11.1 Å². The van der Waals surface area contributed by atoms with Crippen molar-refractivity contribution >= 4 is 33.2 Å². The van der Waals surface area contributed by atoms with Crippen LogP contribution in [0.15, 0.2) is 48.6 Å². The summed E-state index contributed by atoms with van der Waals surface area (Å²) in [5.41, 5.74) is 3.36. The van der Waals surface area contributed by atoms with E-state index >= 15 is 0 Å². The largest absolute Gasteiger partial charge is 0.490 e. The molecular formula is C35H45ClN2O6S. The van der Waals surface area contributed by atoms with E-state index in [1.807, 2.05) is 12.1 Å². The molecule has 45 heavy (non-hydrogen) atoms. The number of fused-ring (bicyclic) bond motifs is 4. The molecule has 244 valence electrons. The highest BCUT2D eigenvalue weighted by molar-refractivity contribution is 7.90. The van der Waals surface area contributed by atoms with Crippen molar-refractivity contribution in [3.05, 3.63) is 70.3 Å². The van der Waals surface area contributed by atoms with E-state index in [0.717, 1.165) is 49.4 Å². The molecule has 8 nitrogen and oxygen atoms in total. The topological polar surface area (TPSA) is 105 Å². The van der Waals surface area contributed by atoms with Gasteiger partial charge in [-0.25, -0.2) is 13.1 Å². The number of anilines is 1. The number of aryl methyl sites for hydroxylation is 1. The van der Waals surface area contributed by atoms with Crippen molar-refractivity contribution in [1.82, 2.24) is 4.72 Å². The van der Waals surface area contributed by atoms with Gasteiger partial charge in [-0.2, -0.15) is 0 Å². The molecule has 0 unspecified atom stereocenters. The zero-order valence-corrected chi connectivity index (χ0v) is 27.9. The summed E-state index contributed by atoms with van der Waals surface area (Å²) in [5, 5.41) is 10.1. The van der Waals surface area contributed by atoms with Crippen LogP contribution in [0.25, 0.3) is 0 Å². The Kier molecular flexibility index (Phi) is 9.27. The highest BCUT2D eigenvalue weighted by atomic mass is 35.5. The van der Waals surface area contributed by atoms with Gasteiger partial charge in [0.05, 0.1) is 29.8 Å². The predicted octanol–water partition coefficient (Wildman–Crippen LogP) is 5.65. The number of nitrogens with zero attached hydrogens (tertiary/aromatic N) is 1.